The van der Waals surface area contributed by atoms with Crippen molar-refractivity contribution in [3.05, 3.63) is 48.3 Å². The first-order chi connectivity index (χ1) is 13.5. The van der Waals surface area contributed by atoms with Crippen molar-refractivity contribution >= 4 is 32.7 Å². The molecule has 1 atom stereocenters. The highest BCUT2D eigenvalue weighted by molar-refractivity contribution is 7.90. The maximum atomic E-state index is 13.4. The van der Waals surface area contributed by atoms with Crippen molar-refractivity contribution in [2.24, 2.45) is 0 Å². The summed E-state index contributed by atoms with van der Waals surface area (Å²) in [4.78, 5) is 16.0. The first-order valence-corrected chi connectivity index (χ1v) is 10.5. The number of benzene rings is 1. The molecule has 8 nitrogen and oxygen atoms in total. The molecule has 4 heterocycles. The van der Waals surface area contributed by atoms with Crippen LogP contribution in [0.2, 0.25) is 0 Å². The van der Waals surface area contributed by atoms with E-state index in [1.165, 1.54) is 16.1 Å². The van der Waals surface area contributed by atoms with E-state index in [1.807, 2.05) is 0 Å². The molecule has 0 radical (unpaired) electrons. The first kappa shape index (κ1) is 17.2. The van der Waals surface area contributed by atoms with Gasteiger partial charge >= 0.3 is 0 Å². The molecule has 2 aliphatic heterocycles. The Kier molecular flexibility index (Phi) is 3.88. The van der Waals surface area contributed by atoms with Crippen molar-refractivity contribution < 1.29 is 17.9 Å². The number of pyridine rings is 1. The van der Waals surface area contributed by atoms with Crippen molar-refractivity contribution in [2.75, 3.05) is 25.0 Å². The molecule has 1 saturated heterocycles. The molecule has 9 heteroatoms. The highest BCUT2D eigenvalue weighted by Gasteiger charge is 2.28. The summed E-state index contributed by atoms with van der Waals surface area (Å²) in [7, 11) is -3.86. The minimum atomic E-state index is -3.86. The molecule has 0 spiro atoms. The summed E-state index contributed by atoms with van der Waals surface area (Å²) in [5.41, 5.74) is 2.66. The highest BCUT2D eigenvalue weighted by Crippen LogP contribution is 2.34. The van der Waals surface area contributed by atoms with Gasteiger partial charge in [-0.15, -0.1) is 0 Å². The Morgan fingerprint density at radius 3 is 2.96 bits per heavy atom. The molecule has 0 bridgehead atoms. The van der Waals surface area contributed by atoms with Crippen molar-refractivity contribution in [1.29, 1.82) is 0 Å². The number of rotatable bonds is 3. The Morgan fingerprint density at radius 1 is 1.25 bits per heavy atom. The zero-order valence-electron chi connectivity index (χ0n) is 14.9. The van der Waals surface area contributed by atoms with Gasteiger partial charge < -0.3 is 15.4 Å². The molecule has 3 aromatic rings. The number of nitrogens with zero attached hydrogens (tertiary/aromatic N) is 2. The van der Waals surface area contributed by atoms with Crippen LogP contribution in [-0.4, -0.2) is 43.0 Å². The van der Waals surface area contributed by atoms with Crippen LogP contribution in [0.1, 0.15) is 17.9 Å². The third-order valence-electron chi connectivity index (χ3n) is 5.20. The summed E-state index contributed by atoms with van der Waals surface area (Å²) in [6.07, 6.45) is 4.31. The van der Waals surface area contributed by atoms with Crippen LogP contribution in [-0.2, 0) is 14.8 Å². The minimum Gasteiger partial charge on any atom is -0.482 e. The molecule has 1 aromatic carbocycles. The van der Waals surface area contributed by atoms with Gasteiger partial charge in [-0.2, -0.15) is 0 Å². The second-order valence-corrected chi connectivity index (χ2v) is 8.76. The molecular formula is C19H18N4O4S. The predicted octanol–water partition coefficient (Wildman–Crippen LogP) is 1.68. The lowest BCUT2D eigenvalue weighted by molar-refractivity contribution is -0.118. The van der Waals surface area contributed by atoms with Gasteiger partial charge in [-0.1, -0.05) is 0 Å². The molecule has 0 saturated carbocycles. The fourth-order valence-corrected chi connectivity index (χ4v) is 5.18. The molecule has 144 valence electrons. The normalized spacial score (nSPS) is 19.3. The smallest absolute Gasteiger partial charge is 0.268 e. The maximum Gasteiger partial charge on any atom is 0.268 e. The van der Waals surface area contributed by atoms with Crippen LogP contribution in [0.15, 0.2) is 47.6 Å². The van der Waals surface area contributed by atoms with Gasteiger partial charge in [0.1, 0.15) is 5.75 Å². The van der Waals surface area contributed by atoms with E-state index in [9.17, 15) is 13.2 Å². The largest absolute Gasteiger partial charge is 0.482 e. The lowest BCUT2D eigenvalue weighted by Crippen LogP contribution is -2.25. The van der Waals surface area contributed by atoms with Gasteiger partial charge in [0.15, 0.2) is 6.61 Å². The fourth-order valence-electron chi connectivity index (χ4n) is 3.80. The Morgan fingerprint density at radius 2 is 2.14 bits per heavy atom. The molecule has 0 unspecified atom stereocenters. The van der Waals surface area contributed by atoms with Gasteiger partial charge in [0, 0.05) is 36.5 Å². The highest BCUT2D eigenvalue weighted by atomic mass is 32.2. The second-order valence-electron chi connectivity index (χ2n) is 6.94. The number of hydrogen-bond donors (Lipinski definition) is 2. The number of carbonyl (C=O) groups excluding carboxylic acids is 1. The van der Waals surface area contributed by atoms with Crippen LogP contribution < -0.4 is 15.4 Å². The molecule has 2 N–H and O–H groups in total. The number of aromatic nitrogens is 2. The summed E-state index contributed by atoms with van der Waals surface area (Å²) in [6, 6.07) is 7.97. The third kappa shape index (κ3) is 2.66. The van der Waals surface area contributed by atoms with Gasteiger partial charge in [-0.25, -0.2) is 12.4 Å². The Bertz CT molecular complexity index is 1200. The van der Waals surface area contributed by atoms with Gasteiger partial charge in [-0.05, 0) is 37.2 Å². The van der Waals surface area contributed by atoms with E-state index >= 15 is 0 Å². The maximum absolute atomic E-state index is 13.4. The topological polar surface area (TPSA) is 102 Å². The SMILES string of the molecule is O=C1COc2cc(S(=O)(=O)n3cc([C@H]4CCNC4)c4ncccc43)ccc2N1. The van der Waals surface area contributed by atoms with Crippen LogP contribution in [0.25, 0.3) is 11.0 Å². The quantitative estimate of drug-likeness (QED) is 0.696. The van der Waals surface area contributed by atoms with Crippen molar-refractivity contribution in [3.63, 3.8) is 0 Å². The Labute approximate surface area is 161 Å². The van der Waals surface area contributed by atoms with Crippen molar-refractivity contribution in [3.8, 4) is 5.75 Å². The van der Waals surface area contributed by atoms with Crippen LogP contribution in [0, 0.1) is 0 Å². The number of fused-ring (bicyclic) bond motifs is 2. The van der Waals surface area contributed by atoms with Gasteiger partial charge in [-0.3, -0.25) is 9.78 Å². The molecule has 1 fully saturated rings. The number of amides is 1. The molecule has 5 rings (SSSR count). The van der Waals surface area contributed by atoms with Gasteiger partial charge in [0.2, 0.25) is 0 Å². The van der Waals surface area contributed by atoms with E-state index in [1.54, 1.807) is 30.6 Å². The summed E-state index contributed by atoms with van der Waals surface area (Å²) >= 11 is 0. The Hall–Kier alpha value is -2.91. The number of nitrogens with one attached hydrogen (secondary N) is 2. The summed E-state index contributed by atoms with van der Waals surface area (Å²) in [5, 5.41) is 5.98. The average molecular weight is 398 g/mol. The molecule has 2 aromatic heterocycles. The van der Waals surface area contributed by atoms with E-state index in [0.29, 0.717) is 22.5 Å². The fraction of sp³-hybridized carbons (Fsp3) is 0.263. The minimum absolute atomic E-state index is 0.0965. The zero-order valence-corrected chi connectivity index (χ0v) is 15.7. The summed E-state index contributed by atoms with van der Waals surface area (Å²) < 4.78 is 33.5. The van der Waals surface area contributed by atoms with Crippen molar-refractivity contribution in [2.45, 2.75) is 17.2 Å². The van der Waals surface area contributed by atoms with Crippen LogP contribution in [0.3, 0.4) is 0 Å². The molecule has 0 aliphatic carbocycles. The molecule has 28 heavy (non-hydrogen) atoms. The number of anilines is 1. The molecule has 2 aliphatic rings. The zero-order chi connectivity index (χ0) is 19.3. The van der Waals surface area contributed by atoms with Crippen molar-refractivity contribution in [1.82, 2.24) is 14.3 Å². The standard InChI is InChI=1S/C19H18N4O4S/c24-18-11-27-17-8-13(3-4-15(17)22-18)28(25,26)23-10-14(12-5-7-20-9-12)19-16(23)2-1-6-21-19/h1-4,6,8,10,12,20H,5,7,9,11H2,(H,22,24)/t12-/m0/s1. The Balaban J connectivity index is 1.64. The summed E-state index contributed by atoms with van der Waals surface area (Å²) in [6.45, 7) is 1.58. The van der Waals surface area contributed by atoms with E-state index in [0.717, 1.165) is 25.1 Å². The van der Waals surface area contributed by atoms with E-state index in [2.05, 4.69) is 15.6 Å². The predicted molar refractivity (Wildman–Crippen MR) is 103 cm³/mol. The van der Waals surface area contributed by atoms with Gasteiger partial charge in [0.05, 0.1) is 21.6 Å². The molecule has 1 amide bonds. The first-order valence-electron chi connectivity index (χ1n) is 9.03. The second kappa shape index (κ2) is 6.32. The third-order valence-corrected chi connectivity index (χ3v) is 6.87. The monoisotopic (exact) mass is 398 g/mol. The lowest BCUT2D eigenvalue weighted by atomic mass is 10.0. The molecular weight excluding hydrogens is 380 g/mol. The van der Waals surface area contributed by atoms with E-state index < -0.39 is 10.0 Å². The van der Waals surface area contributed by atoms with E-state index in [-0.39, 0.29) is 23.3 Å². The number of ether oxygens (including phenoxy) is 1. The van der Waals surface area contributed by atoms with E-state index in [4.69, 9.17) is 4.74 Å². The van der Waals surface area contributed by atoms with Crippen LogP contribution >= 0.6 is 0 Å². The van der Waals surface area contributed by atoms with Crippen LogP contribution in [0.5, 0.6) is 5.75 Å². The summed E-state index contributed by atoms with van der Waals surface area (Å²) in [5.74, 6) is 0.312. The van der Waals surface area contributed by atoms with Crippen LogP contribution in [0.4, 0.5) is 5.69 Å². The van der Waals surface area contributed by atoms with Gasteiger partial charge in [0.25, 0.3) is 15.9 Å². The number of hydrogen-bond acceptors (Lipinski definition) is 6. The lowest BCUT2D eigenvalue weighted by Gasteiger charge is -2.18. The average Bonchev–Trinajstić information content (AvgIpc) is 3.35. The number of carbonyl (C=O) groups is 1.